The topological polar surface area (TPSA) is 48.4 Å². The molecule has 2 rings (SSSR count). The number of aliphatic hydroxyl groups is 1. The molecule has 1 heterocycles. The molecule has 0 aliphatic heterocycles. The van der Waals surface area contributed by atoms with E-state index in [1.165, 1.54) is 0 Å². The van der Waals surface area contributed by atoms with Crippen molar-refractivity contribution in [2.24, 2.45) is 0 Å². The minimum absolute atomic E-state index is 0.537. The summed E-state index contributed by atoms with van der Waals surface area (Å²) in [4.78, 5) is 6.45. The van der Waals surface area contributed by atoms with Crippen molar-refractivity contribution in [2.75, 3.05) is 27.2 Å². The van der Waals surface area contributed by atoms with Crippen molar-refractivity contribution in [3.63, 3.8) is 0 Å². The van der Waals surface area contributed by atoms with Crippen LogP contribution in [-0.2, 0) is 6.54 Å². The minimum atomic E-state index is -0.748. The van der Waals surface area contributed by atoms with Crippen LogP contribution in [0.4, 0.5) is 0 Å². The van der Waals surface area contributed by atoms with E-state index in [1.807, 2.05) is 38.1 Å². The maximum Gasteiger partial charge on any atom is 0.0869 e. The molecule has 1 aromatic heterocycles. The van der Waals surface area contributed by atoms with Gasteiger partial charge in [0, 0.05) is 35.7 Å². The third kappa shape index (κ3) is 4.48. The number of fused-ring (bicyclic) bond motifs is 1. The molecule has 1 atom stereocenters. The zero-order valence-electron chi connectivity index (χ0n) is 12.7. The molecule has 2 aromatic rings. The average molecular weight is 352 g/mol. The molecule has 1 aromatic carbocycles. The van der Waals surface area contributed by atoms with Crippen LogP contribution in [0.5, 0.6) is 0 Å². The molecule has 0 aliphatic rings. The molecule has 21 heavy (non-hydrogen) atoms. The second-order valence-corrected chi connectivity index (χ2v) is 6.80. The molecular weight excluding hydrogens is 330 g/mol. The Hall–Kier alpha value is -1.01. The number of pyridine rings is 1. The summed E-state index contributed by atoms with van der Waals surface area (Å²) in [5.41, 5.74) is 1.38. The molecule has 1 unspecified atom stereocenters. The van der Waals surface area contributed by atoms with E-state index in [0.29, 0.717) is 19.6 Å². The van der Waals surface area contributed by atoms with Gasteiger partial charge < -0.3 is 15.3 Å². The predicted octanol–water partition coefficient (Wildman–Crippen LogP) is 2.40. The summed E-state index contributed by atoms with van der Waals surface area (Å²) in [6.45, 7) is 3.69. The van der Waals surface area contributed by atoms with Crippen LogP contribution in [0.25, 0.3) is 10.9 Å². The van der Waals surface area contributed by atoms with Crippen LogP contribution in [-0.4, -0.2) is 47.8 Å². The fourth-order valence-corrected chi connectivity index (χ4v) is 2.99. The van der Waals surface area contributed by atoms with Gasteiger partial charge >= 0.3 is 0 Å². The summed E-state index contributed by atoms with van der Waals surface area (Å²) >= 11 is 3.55. The number of benzene rings is 1. The summed E-state index contributed by atoms with van der Waals surface area (Å²) in [6, 6.07) is 8.09. The Morgan fingerprint density at radius 2 is 2.10 bits per heavy atom. The third-order valence-electron chi connectivity index (χ3n) is 3.28. The zero-order chi connectivity index (χ0) is 15.5. The molecule has 0 bridgehead atoms. The van der Waals surface area contributed by atoms with Crippen LogP contribution >= 0.6 is 15.9 Å². The predicted molar refractivity (Wildman–Crippen MR) is 90.3 cm³/mol. The summed E-state index contributed by atoms with van der Waals surface area (Å²) in [5, 5.41) is 14.7. The normalized spacial score (nSPS) is 14.6. The Morgan fingerprint density at radius 3 is 2.81 bits per heavy atom. The van der Waals surface area contributed by atoms with Crippen molar-refractivity contribution in [1.29, 1.82) is 0 Å². The van der Waals surface area contributed by atoms with Gasteiger partial charge in [-0.15, -0.1) is 0 Å². The van der Waals surface area contributed by atoms with Gasteiger partial charge in [-0.05, 0) is 38.7 Å². The van der Waals surface area contributed by atoms with E-state index in [0.717, 1.165) is 20.9 Å². The number of aromatic nitrogens is 1. The molecule has 0 spiro atoms. The van der Waals surface area contributed by atoms with E-state index >= 15 is 0 Å². The van der Waals surface area contributed by atoms with E-state index < -0.39 is 5.60 Å². The van der Waals surface area contributed by atoms with E-state index in [-0.39, 0.29) is 0 Å². The molecule has 2 N–H and O–H groups in total. The average Bonchev–Trinajstić information content (AvgIpc) is 2.40. The van der Waals surface area contributed by atoms with Gasteiger partial charge in [0.2, 0.25) is 0 Å². The lowest BCUT2D eigenvalue weighted by atomic mass is 10.1. The van der Waals surface area contributed by atoms with E-state index in [9.17, 15) is 5.11 Å². The van der Waals surface area contributed by atoms with Crippen molar-refractivity contribution in [3.05, 3.63) is 40.5 Å². The monoisotopic (exact) mass is 351 g/mol. The maximum absolute atomic E-state index is 10.3. The Labute approximate surface area is 134 Å². The molecule has 5 heteroatoms. The van der Waals surface area contributed by atoms with E-state index in [1.54, 1.807) is 6.20 Å². The number of likely N-dealkylation sites (N-methyl/N-ethyl adjacent to an activating group) is 1. The molecule has 0 aliphatic carbocycles. The van der Waals surface area contributed by atoms with Crippen LogP contribution < -0.4 is 5.32 Å². The molecule has 0 fully saturated rings. The largest absolute Gasteiger partial charge is 0.388 e. The molecule has 114 valence electrons. The van der Waals surface area contributed by atoms with Crippen LogP contribution in [0, 0.1) is 0 Å². The first-order valence-corrected chi connectivity index (χ1v) is 7.78. The molecule has 0 amide bonds. The quantitative estimate of drug-likeness (QED) is 0.838. The van der Waals surface area contributed by atoms with Gasteiger partial charge in [0.1, 0.15) is 0 Å². The molecule has 0 saturated carbocycles. The number of nitrogens with one attached hydrogen (secondary N) is 1. The minimum Gasteiger partial charge on any atom is -0.388 e. The van der Waals surface area contributed by atoms with Crippen molar-refractivity contribution >= 4 is 26.8 Å². The smallest absolute Gasteiger partial charge is 0.0869 e. The highest BCUT2D eigenvalue weighted by Gasteiger charge is 2.20. The Morgan fingerprint density at radius 1 is 1.33 bits per heavy atom. The van der Waals surface area contributed by atoms with Gasteiger partial charge in [-0.2, -0.15) is 0 Å². The van der Waals surface area contributed by atoms with Crippen molar-refractivity contribution in [1.82, 2.24) is 15.2 Å². The number of halogens is 1. The molecular formula is C16H22BrN3O. The fraction of sp³-hybridized carbons (Fsp3) is 0.438. The first-order valence-electron chi connectivity index (χ1n) is 6.99. The number of rotatable bonds is 6. The van der Waals surface area contributed by atoms with Crippen LogP contribution in [0.3, 0.4) is 0 Å². The Balaban J connectivity index is 2.06. The SMILES string of the molecule is CN(C)CC(C)(O)CNCc1ccc(Br)c2cccnc12. The highest BCUT2D eigenvalue weighted by atomic mass is 79.9. The number of hydrogen-bond acceptors (Lipinski definition) is 4. The zero-order valence-corrected chi connectivity index (χ0v) is 14.3. The van der Waals surface area contributed by atoms with Crippen LogP contribution in [0.15, 0.2) is 34.9 Å². The van der Waals surface area contributed by atoms with Crippen molar-refractivity contribution in [2.45, 2.75) is 19.1 Å². The second kappa shape index (κ2) is 6.83. The summed E-state index contributed by atoms with van der Waals surface area (Å²) in [6.07, 6.45) is 1.81. The van der Waals surface area contributed by atoms with Gasteiger partial charge in [0.15, 0.2) is 0 Å². The summed E-state index contributed by atoms with van der Waals surface area (Å²) in [7, 11) is 3.92. The lowest BCUT2D eigenvalue weighted by Gasteiger charge is -2.27. The first kappa shape index (κ1) is 16.4. The van der Waals surface area contributed by atoms with Gasteiger partial charge in [0.05, 0.1) is 11.1 Å². The van der Waals surface area contributed by atoms with Crippen LogP contribution in [0.1, 0.15) is 12.5 Å². The highest BCUT2D eigenvalue weighted by molar-refractivity contribution is 9.10. The third-order valence-corrected chi connectivity index (χ3v) is 3.97. The number of nitrogens with zero attached hydrogens (tertiary/aromatic N) is 2. The van der Waals surface area contributed by atoms with E-state index in [2.05, 4.69) is 38.4 Å². The standard InChI is InChI=1S/C16H22BrN3O/c1-16(21,11-20(2)3)10-18-9-12-6-7-14(17)13-5-4-8-19-15(12)13/h4-8,18,21H,9-11H2,1-3H3. The summed E-state index contributed by atoms with van der Waals surface area (Å²) < 4.78 is 1.05. The fourth-order valence-electron chi connectivity index (χ4n) is 2.54. The highest BCUT2D eigenvalue weighted by Crippen LogP contribution is 2.25. The second-order valence-electron chi connectivity index (χ2n) is 5.94. The van der Waals surface area contributed by atoms with Crippen molar-refractivity contribution in [3.8, 4) is 0 Å². The van der Waals surface area contributed by atoms with Gasteiger partial charge in [-0.25, -0.2) is 0 Å². The lowest BCUT2D eigenvalue weighted by Crippen LogP contribution is -2.45. The molecule has 0 saturated heterocycles. The first-order chi connectivity index (χ1) is 9.89. The molecule has 4 nitrogen and oxygen atoms in total. The maximum atomic E-state index is 10.3. The van der Waals surface area contributed by atoms with Gasteiger partial charge in [-0.1, -0.05) is 28.1 Å². The Kier molecular flexibility index (Phi) is 5.32. The Bertz CT molecular complexity index is 613. The lowest BCUT2D eigenvalue weighted by molar-refractivity contribution is 0.0336. The van der Waals surface area contributed by atoms with Gasteiger partial charge in [-0.3, -0.25) is 4.98 Å². The van der Waals surface area contributed by atoms with E-state index in [4.69, 9.17) is 0 Å². The van der Waals surface area contributed by atoms with Gasteiger partial charge in [0.25, 0.3) is 0 Å². The molecule has 0 radical (unpaired) electrons. The number of hydrogen-bond donors (Lipinski definition) is 2. The van der Waals surface area contributed by atoms with Crippen molar-refractivity contribution < 1.29 is 5.11 Å². The summed E-state index contributed by atoms with van der Waals surface area (Å²) in [5.74, 6) is 0. The van der Waals surface area contributed by atoms with Crippen LogP contribution in [0.2, 0.25) is 0 Å².